The quantitative estimate of drug-likeness (QED) is 0.855. The Kier molecular flexibility index (Phi) is 3.21. The van der Waals surface area contributed by atoms with Crippen LogP contribution in [0.4, 0.5) is 5.69 Å². The number of nitrogens with zero attached hydrogens (tertiary/aromatic N) is 1. The maximum absolute atomic E-state index is 12.5. The molecule has 1 heterocycles. The number of carbonyl (C=O) groups is 2. The summed E-state index contributed by atoms with van der Waals surface area (Å²) in [5, 5.41) is 11.0. The molecular weight excluding hydrogens is 322 g/mol. The van der Waals surface area contributed by atoms with E-state index in [4.69, 9.17) is 0 Å². The van der Waals surface area contributed by atoms with Crippen molar-refractivity contribution in [1.29, 1.82) is 0 Å². The highest BCUT2D eigenvalue weighted by atomic mass is 79.9. The summed E-state index contributed by atoms with van der Waals surface area (Å²) in [6.07, 6.45) is 2.75. The molecule has 0 spiro atoms. The molecule has 0 bridgehead atoms. The van der Waals surface area contributed by atoms with Crippen LogP contribution in [-0.2, 0) is 15.2 Å². The molecule has 0 radical (unpaired) electrons. The molecule has 1 fully saturated rings. The van der Waals surface area contributed by atoms with E-state index in [2.05, 4.69) is 15.9 Å². The summed E-state index contributed by atoms with van der Waals surface area (Å²) in [6.45, 7) is 0. The first kappa shape index (κ1) is 13.8. The number of rotatable bonds is 1. The lowest BCUT2D eigenvalue weighted by atomic mass is 9.73. The van der Waals surface area contributed by atoms with Gasteiger partial charge in [0.05, 0.1) is 11.6 Å². The summed E-state index contributed by atoms with van der Waals surface area (Å²) in [7, 11) is 1.64. The maximum atomic E-state index is 12.5. The van der Waals surface area contributed by atoms with Crippen LogP contribution in [0.1, 0.15) is 31.2 Å². The monoisotopic (exact) mass is 337 g/mol. The van der Waals surface area contributed by atoms with Gasteiger partial charge < -0.3 is 10.0 Å². The number of carbonyl (C=O) groups excluding carboxylic acids is 2. The van der Waals surface area contributed by atoms with Gasteiger partial charge in [0, 0.05) is 23.5 Å². The van der Waals surface area contributed by atoms with Crippen molar-refractivity contribution in [2.45, 2.75) is 31.3 Å². The lowest BCUT2D eigenvalue weighted by Gasteiger charge is -2.33. The molecule has 3 rings (SSSR count). The number of aliphatic hydroxyl groups is 1. The van der Waals surface area contributed by atoms with Gasteiger partial charge in [-0.2, -0.15) is 0 Å². The number of benzene rings is 1. The van der Waals surface area contributed by atoms with Crippen molar-refractivity contribution in [2.24, 2.45) is 5.92 Å². The largest absolute Gasteiger partial charge is 0.375 e. The van der Waals surface area contributed by atoms with E-state index in [0.717, 1.165) is 17.3 Å². The van der Waals surface area contributed by atoms with Gasteiger partial charge in [0.15, 0.2) is 5.60 Å². The Bertz CT molecular complexity index is 601. The van der Waals surface area contributed by atoms with E-state index in [1.807, 2.05) is 0 Å². The van der Waals surface area contributed by atoms with Crippen molar-refractivity contribution in [3.8, 4) is 0 Å². The van der Waals surface area contributed by atoms with Crippen LogP contribution < -0.4 is 4.90 Å². The number of hydrogen-bond donors (Lipinski definition) is 1. The van der Waals surface area contributed by atoms with E-state index in [-0.39, 0.29) is 5.78 Å². The molecule has 1 saturated carbocycles. The van der Waals surface area contributed by atoms with Crippen LogP contribution in [0, 0.1) is 5.92 Å². The van der Waals surface area contributed by atoms with E-state index >= 15 is 0 Å². The lowest BCUT2D eigenvalue weighted by molar-refractivity contribution is -0.151. The summed E-state index contributed by atoms with van der Waals surface area (Å²) in [4.78, 5) is 26.2. The third-order valence-electron chi connectivity index (χ3n) is 4.42. The smallest absolute Gasteiger partial charge is 0.264 e. The average Bonchev–Trinajstić information content (AvgIpc) is 2.62. The fourth-order valence-corrected chi connectivity index (χ4v) is 3.70. The predicted octanol–water partition coefficient (Wildman–Crippen LogP) is 2.37. The third-order valence-corrected chi connectivity index (χ3v) is 4.91. The molecule has 0 aromatic heterocycles. The molecule has 1 amide bonds. The van der Waals surface area contributed by atoms with Crippen LogP contribution in [0.5, 0.6) is 0 Å². The van der Waals surface area contributed by atoms with E-state index in [1.54, 1.807) is 25.2 Å². The minimum atomic E-state index is -1.69. The van der Waals surface area contributed by atoms with Crippen LogP contribution in [0.2, 0.25) is 0 Å². The summed E-state index contributed by atoms with van der Waals surface area (Å²) >= 11 is 3.37. The van der Waals surface area contributed by atoms with Crippen LogP contribution in [-0.4, -0.2) is 23.8 Å². The highest BCUT2D eigenvalue weighted by Gasteiger charge is 2.55. The van der Waals surface area contributed by atoms with Gasteiger partial charge in [0.25, 0.3) is 5.91 Å². The number of amides is 1. The molecule has 4 nitrogen and oxygen atoms in total. The second-order valence-corrected chi connectivity index (χ2v) is 6.47. The van der Waals surface area contributed by atoms with Gasteiger partial charge in [-0.3, -0.25) is 9.59 Å². The first-order chi connectivity index (χ1) is 9.46. The molecule has 1 aromatic rings. The zero-order valence-electron chi connectivity index (χ0n) is 11.2. The molecule has 0 saturated heterocycles. The molecule has 1 aromatic carbocycles. The molecule has 5 heteroatoms. The maximum Gasteiger partial charge on any atom is 0.264 e. The Hall–Kier alpha value is -1.20. The van der Waals surface area contributed by atoms with Crippen molar-refractivity contribution < 1.29 is 14.7 Å². The average molecular weight is 338 g/mol. The number of hydrogen-bond acceptors (Lipinski definition) is 3. The number of anilines is 1. The molecule has 2 aliphatic rings. The Balaban J connectivity index is 2.14. The van der Waals surface area contributed by atoms with Crippen molar-refractivity contribution in [1.82, 2.24) is 0 Å². The zero-order chi connectivity index (χ0) is 14.5. The summed E-state index contributed by atoms with van der Waals surface area (Å²) in [5.41, 5.74) is -0.471. The fraction of sp³-hybridized carbons (Fsp3) is 0.467. The number of halogens is 1. The number of ketones is 1. The van der Waals surface area contributed by atoms with Crippen LogP contribution in [0.15, 0.2) is 22.7 Å². The highest BCUT2D eigenvalue weighted by Crippen LogP contribution is 2.47. The van der Waals surface area contributed by atoms with Crippen molar-refractivity contribution in [3.05, 3.63) is 28.2 Å². The van der Waals surface area contributed by atoms with E-state index < -0.39 is 17.4 Å². The lowest BCUT2D eigenvalue weighted by Crippen LogP contribution is -2.48. The molecular formula is C15H16BrNO3. The molecule has 1 aliphatic carbocycles. The summed E-state index contributed by atoms with van der Waals surface area (Å²) in [5.74, 6) is -1.02. The van der Waals surface area contributed by atoms with E-state index in [1.165, 1.54) is 4.90 Å². The second-order valence-electron chi connectivity index (χ2n) is 5.56. The van der Waals surface area contributed by atoms with Gasteiger partial charge in [-0.1, -0.05) is 28.4 Å². The molecule has 20 heavy (non-hydrogen) atoms. The molecule has 0 unspecified atom stereocenters. The van der Waals surface area contributed by atoms with Crippen molar-refractivity contribution in [2.75, 3.05) is 11.9 Å². The fourth-order valence-electron chi connectivity index (χ4n) is 3.35. The predicted molar refractivity (Wildman–Crippen MR) is 78.4 cm³/mol. The first-order valence-electron chi connectivity index (χ1n) is 6.79. The highest BCUT2D eigenvalue weighted by molar-refractivity contribution is 9.10. The summed E-state index contributed by atoms with van der Waals surface area (Å²) in [6, 6.07) is 5.34. The zero-order valence-corrected chi connectivity index (χ0v) is 12.8. The Morgan fingerprint density at radius 3 is 2.80 bits per heavy atom. The van der Waals surface area contributed by atoms with Gasteiger partial charge in [0.2, 0.25) is 0 Å². The van der Waals surface area contributed by atoms with E-state index in [9.17, 15) is 14.7 Å². The van der Waals surface area contributed by atoms with Crippen LogP contribution in [0.3, 0.4) is 0 Å². The Morgan fingerprint density at radius 1 is 1.35 bits per heavy atom. The molecule has 106 valence electrons. The molecule has 1 aliphatic heterocycles. The van der Waals surface area contributed by atoms with Gasteiger partial charge in [-0.25, -0.2) is 0 Å². The van der Waals surface area contributed by atoms with Gasteiger partial charge >= 0.3 is 0 Å². The third kappa shape index (κ3) is 1.76. The van der Waals surface area contributed by atoms with Crippen LogP contribution >= 0.6 is 15.9 Å². The topological polar surface area (TPSA) is 57.6 Å². The SMILES string of the molecule is CN1C(=O)[C@](O)([C@H]2CCCCC2=O)c2ccc(Br)cc21. The number of Topliss-reactive ketones (excluding diaryl/α,β-unsaturated/α-hetero) is 1. The van der Waals surface area contributed by atoms with Crippen molar-refractivity contribution in [3.63, 3.8) is 0 Å². The van der Waals surface area contributed by atoms with Gasteiger partial charge in [-0.05, 0) is 25.0 Å². The Labute approximate surface area is 125 Å². The summed E-state index contributed by atoms with van der Waals surface area (Å²) < 4.78 is 0.843. The molecule has 1 N–H and O–H groups in total. The Morgan fingerprint density at radius 2 is 2.10 bits per heavy atom. The normalized spacial score (nSPS) is 29.8. The second kappa shape index (κ2) is 4.67. The molecule has 2 atom stereocenters. The minimum absolute atomic E-state index is 0.00345. The minimum Gasteiger partial charge on any atom is -0.375 e. The number of fused-ring (bicyclic) bond motifs is 1. The number of likely N-dealkylation sites (N-methyl/N-ethyl adjacent to an activating group) is 1. The first-order valence-corrected chi connectivity index (χ1v) is 7.59. The van der Waals surface area contributed by atoms with Gasteiger partial charge in [-0.15, -0.1) is 0 Å². The standard InChI is InChI=1S/C15H16BrNO3/c1-17-12-8-9(16)6-7-10(12)15(20,14(17)19)11-4-2-3-5-13(11)18/h6-8,11,20H,2-5H2,1H3/t11-,15+/m0/s1. The van der Waals surface area contributed by atoms with Crippen molar-refractivity contribution >= 4 is 33.3 Å². The van der Waals surface area contributed by atoms with Crippen LogP contribution in [0.25, 0.3) is 0 Å². The van der Waals surface area contributed by atoms with Gasteiger partial charge in [0.1, 0.15) is 5.78 Å². The van der Waals surface area contributed by atoms with E-state index in [0.29, 0.717) is 24.1 Å².